The van der Waals surface area contributed by atoms with Crippen molar-refractivity contribution in [3.63, 3.8) is 0 Å². The van der Waals surface area contributed by atoms with Crippen LogP contribution in [0, 0.1) is 11.6 Å². The van der Waals surface area contributed by atoms with Gasteiger partial charge in [0.15, 0.2) is 5.82 Å². The molecule has 16 heteroatoms. The first-order valence-corrected chi connectivity index (χ1v) is 16.8. The quantitative estimate of drug-likeness (QED) is 0.131. The van der Waals surface area contributed by atoms with Crippen molar-refractivity contribution >= 4 is 17.8 Å². The first kappa shape index (κ1) is 38.4. The molecule has 0 N–H and O–H groups in total. The second kappa shape index (κ2) is 17.7. The summed E-state index contributed by atoms with van der Waals surface area (Å²) in [5.41, 5.74) is -1.78. The normalized spacial score (nSPS) is 10.8. The summed E-state index contributed by atoms with van der Waals surface area (Å²) in [5.74, 6) is -7.17. The molecule has 0 atom stereocenters. The number of carbonyl (C=O) groups is 3. The fourth-order valence-corrected chi connectivity index (χ4v) is 4.98. The molecule has 3 aromatic carbocycles. The van der Waals surface area contributed by atoms with E-state index in [9.17, 15) is 32.8 Å². The van der Waals surface area contributed by atoms with Crippen LogP contribution in [0.15, 0.2) is 125 Å². The standard InChI is InChI=1S/C40H30F2N4O10/c1-2-52-24-45-21-31(42)37(48)46(40(45)51)36(47)27-14-9-15-28(18-27)38(49)56-35-30(41)16-17-32(44-35)55-39(50)29-19-33(53-22-25-10-5-3-6-11-25)43-34(20-29)54-23-26-12-7-4-8-13-26/h3-21H,2,22-24H2,1H3. The molecule has 0 radical (unpaired) electrons. The Morgan fingerprint density at radius 2 is 1.25 bits per heavy atom. The summed E-state index contributed by atoms with van der Waals surface area (Å²) < 4.78 is 57.2. The summed E-state index contributed by atoms with van der Waals surface area (Å²) in [6.07, 6.45) is 0.611. The van der Waals surface area contributed by atoms with Gasteiger partial charge in [0.05, 0.1) is 17.3 Å². The molecule has 0 aliphatic heterocycles. The van der Waals surface area contributed by atoms with Crippen molar-refractivity contribution in [3.05, 3.63) is 176 Å². The van der Waals surface area contributed by atoms with E-state index >= 15 is 0 Å². The Morgan fingerprint density at radius 1 is 0.643 bits per heavy atom. The number of esters is 2. The summed E-state index contributed by atoms with van der Waals surface area (Å²) >= 11 is 0. The van der Waals surface area contributed by atoms with Crippen molar-refractivity contribution in [3.8, 4) is 23.5 Å². The van der Waals surface area contributed by atoms with Crippen LogP contribution in [0.5, 0.6) is 23.5 Å². The SMILES string of the molecule is CCOCn1cc(F)c(=O)n(C(=O)c2cccc(C(=O)Oc3nc(OC(=O)c4cc(OCc5ccccc5)nc(OCc5ccccc5)c4)ccc3F)c2)c1=O. The van der Waals surface area contributed by atoms with Crippen LogP contribution < -0.4 is 30.2 Å². The minimum atomic E-state index is -1.52. The third kappa shape index (κ3) is 9.42. The Balaban J connectivity index is 1.19. The molecule has 0 saturated heterocycles. The second-order valence-electron chi connectivity index (χ2n) is 11.7. The Hall–Kier alpha value is -7.33. The van der Waals surface area contributed by atoms with Crippen molar-refractivity contribution in [2.24, 2.45) is 0 Å². The van der Waals surface area contributed by atoms with Gasteiger partial charge in [-0.2, -0.15) is 18.9 Å². The third-order valence-electron chi connectivity index (χ3n) is 7.74. The van der Waals surface area contributed by atoms with Crippen molar-refractivity contribution in [1.82, 2.24) is 19.1 Å². The Morgan fingerprint density at radius 3 is 1.88 bits per heavy atom. The van der Waals surface area contributed by atoms with Gasteiger partial charge in [-0.15, -0.1) is 0 Å². The number of aromatic nitrogens is 4. The van der Waals surface area contributed by atoms with Gasteiger partial charge in [-0.3, -0.25) is 14.2 Å². The number of carbonyl (C=O) groups excluding carboxylic acids is 3. The number of hydrogen-bond donors (Lipinski definition) is 0. The topological polar surface area (TPSA) is 167 Å². The van der Waals surface area contributed by atoms with Crippen LogP contribution in [0.25, 0.3) is 0 Å². The van der Waals surface area contributed by atoms with Crippen LogP contribution in [-0.4, -0.2) is 43.6 Å². The highest BCUT2D eigenvalue weighted by atomic mass is 19.1. The molecule has 0 fully saturated rings. The molecule has 3 aromatic heterocycles. The highest BCUT2D eigenvalue weighted by Gasteiger charge is 2.22. The molecule has 14 nitrogen and oxygen atoms in total. The zero-order valence-electron chi connectivity index (χ0n) is 29.4. The maximum absolute atomic E-state index is 14.8. The maximum atomic E-state index is 14.8. The summed E-state index contributed by atoms with van der Waals surface area (Å²) in [6.45, 7) is 1.61. The van der Waals surface area contributed by atoms with Gasteiger partial charge in [-0.1, -0.05) is 66.7 Å². The molecule has 0 aliphatic rings. The monoisotopic (exact) mass is 764 g/mol. The van der Waals surface area contributed by atoms with E-state index in [4.69, 9.17) is 23.7 Å². The van der Waals surface area contributed by atoms with Gasteiger partial charge in [-0.25, -0.2) is 18.8 Å². The molecule has 0 amide bonds. The van der Waals surface area contributed by atoms with E-state index in [1.807, 2.05) is 60.7 Å². The van der Waals surface area contributed by atoms with Crippen LogP contribution in [0.3, 0.4) is 0 Å². The number of pyridine rings is 2. The number of ether oxygens (including phenoxy) is 5. The summed E-state index contributed by atoms with van der Waals surface area (Å²) in [5, 5.41) is 0. The number of benzene rings is 3. The van der Waals surface area contributed by atoms with Gasteiger partial charge in [0.2, 0.25) is 23.5 Å². The van der Waals surface area contributed by atoms with Gasteiger partial charge < -0.3 is 23.7 Å². The Bertz CT molecular complexity index is 2450. The predicted octanol–water partition coefficient (Wildman–Crippen LogP) is 5.36. The fourth-order valence-electron chi connectivity index (χ4n) is 4.98. The average molecular weight is 765 g/mol. The number of halogens is 2. The number of nitrogens with zero attached hydrogens (tertiary/aromatic N) is 4. The second-order valence-corrected chi connectivity index (χ2v) is 11.7. The van der Waals surface area contributed by atoms with Gasteiger partial charge >= 0.3 is 17.6 Å². The molecule has 0 spiro atoms. The molecule has 0 bridgehead atoms. The molecule has 284 valence electrons. The minimum Gasteiger partial charge on any atom is -0.473 e. The van der Waals surface area contributed by atoms with Crippen LogP contribution >= 0.6 is 0 Å². The molecule has 6 aromatic rings. The Kier molecular flexibility index (Phi) is 12.1. The summed E-state index contributed by atoms with van der Waals surface area (Å²) in [6, 6.07) is 27.5. The first-order valence-electron chi connectivity index (χ1n) is 16.8. The largest absolute Gasteiger partial charge is 0.473 e. The van der Waals surface area contributed by atoms with Crippen molar-refractivity contribution < 1.29 is 46.8 Å². The molecule has 56 heavy (non-hydrogen) atoms. The van der Waals surface area contributed by atoms with E-state index in [1.54, 1.807) is 6.92 Å². The lowest BCUT2D eigenvalue weighted by Crippen LogP contribution is -2.45. The van der Waals surface area contributed by atoms with Crippen LogP contribution in [0.1, 0.15) is 49.1 Å². The van der Waals surface area contributed by atoms with Gasteiger partial charge in [-0.05, 0) is 42.3 Å². The van der Waals surface area contributed by atoms with Crippen molar-refractivity contribution in [1.29, 1.82) is 0 Å². The molecule has 0 unspecified atom stereocenters. The molecular weight excluding hydrogens is 734 g/mol. The minimum absolute atomic E-state index is 0.0483. The average Bonchev–Trinajstić information content (AvgIpc) is 3.22. The lowest BCUT2D eigenvalue weighted by atomic mass is 10.1. The Labute approximate surface area is 316 Å². The zero-order chi connectivity index (χ0) is 39.6. The molecule has 3 heterocycles. The van der Waals surface area contributed by atoms with E-state index in [0.29, 0.717) is 10.8 Å². The van der Waals surface area contributed by atoms with E-state index in [2.05, 4.69) is 9.97 Å². The smallest absolute Gasteiger partial charge is 0.345 e. The third-order valence-corrected chi connectivity index (χ3v) is 7.74. The summed E-state index contributed by atoms with van der Waals surface area (Å²) in [4.78, 5) is 73.1. The van der Waals surface area contributed by atoms with Gasteiger partial charge in [0, 0.05) is 30.4 Å². The predicted molar refractivity (Wildman–Crippen MR) is 193 cm³/mol. The van der Waals surface area contributed by atoms with Crippen molar-refractivity contribution in [2.75, 3.05) is 6.61 Å². The molecule has 6 rings (SSSR count). The highest BCUT2D eigenvalue weighted by Crippen LogP contribution is 2.24. The molecule has 0 saturated carbocycles. The van der Waals surface area contributed by atoms with Crippen LogP contribution in [-0.2, 0) is 24.7 Å². The van der Waals surface area contributed by atoms with E-state index in [-0.39, 0.29) is 52.8 Å². The maximum Gasteiger partial charge on any atom is 0.345 e. The van der Waals surface area contributed by atoms with Crippen LogP contribution in [0.4, 0.5) is 8.78 Å². The fraction of sp³-hybridized carbons (Fsp3) is 0.125. The van der Waals surface area contributed by atoms with E-state index in [1.165, 1.54) is 24.3 Å². The first-order chi connectivity index (χ1) is 27.1. The number of hydrogen-bond acceptors (Lipinski definition) is 12. The van der Waals surface area contributed by atoms with Crippen LogP contribution in [0.2, 0.25) is 0 Å². The van der Waals surface area contributed by atoms with Gasteiger partial charge in [0.25, 0.3) is 17.3 Å². The highest BCUT2D eigenvalue weighted by molar-refractivity contribution is 5.99. The van der Waals surface area contributed by atoms with E-state index < -0.39 is 59.2 Å². The molecular formula is C40H30F2N4O10. The lowest BCUT2D eigenvalue weighted by molar-refractivity contribution is 0.0710. The van der Waals surface area contributed by atoms with E-state index in [0.717, 1.165) is 35.4 Å². The molecule has 0 aliphatic carbocycles. The lowest BCUT2D eigenvalue weighted by Gasteiger charge is -2.12. The van der Waals surface area contributed by atoms with Crippen molar-refractivity contribution in [2.45, 2.75) is 26.9 Å². The van der Waals surface area contributed by atoms with Gasteiger partial charge in [0.1, 0.15) is 19.9 Å². The number of rotatable bonds is 14. The summed E-state index contributed by atoms with van der Waals surface area (Å²) in [7, 11) is 0. The zero-order valence-corrected chi connectivity index (χ0v) is 29.4.